The molecule has 0 radical (unpaired) electrons. The molecular formula is C28H27FN4O5. The molecule has 1 fully saturated rings. The number of nitrogens with zero attached hydrogens (tertiary/aromatic N) is 1. The number of aryl methyl sites for hydroxylation is 1. The molecule has 4 rings (SSSR count). The Morgan fingerprint density at radius 1 is 1.03 bits per heavy atom. The normalized spacial score (nSPS) is 15.7. The number of ether oxygens (including phenoxy) is 1. The van der Waals surface area contributed by atoms with Gasteiger partial charge in [-0.15, -0.1) is 0 Å². The van der Waals surface area contributed by atoms with E-state index < -0.39 is 35.7 Å². The quantitative estimate of drug-likeness (QED) is 0.375. The van der Waals surface area contributed by atoms with Gasteiger partial charge in [0.25, 0.3) is 5.91 Å². The average molecular weight is 519 g/mol. The standard InChI is InChI=1S/C28H27FN4O5/c1-17-8-13-22(21(29)14-17)31-26(35)23(15-18-6-4-3-5-7-18)33-27(36)25(32-28(33)37)19-9-11-20(12-10-19)30-24(34)16-38-2/h3-14,23,25H,15-16H2,1-2H3,(H,30,34)(H,31,35)(H,32,37)/t23?,25-/m1/s1. The van der Waals surface area contributed by atoms with Gasteiger partial charge in [-0.3, -0.25) is 14.4 Å². The van der Waals surface area contributed by atoms with Gasteiger partial charge in [-0.2, -0.15) is 0 Å². The first-order valence-electron chi connectivity index (χ1n) is 11.9. The highest BCUT2D eigenvalue weighted by atomic mass is 19.1. The zero-order chi connectivity index (χ0) is 27.2. The van der Waals surface area contributed by atoms with Crippen LogP contribution in [0.15, 0.2) is 72.8 Å². The first-order chi connectivity index (χ1) is 18.3. The number of halogens is 1. The minimum absolute atomic E-state index is 0.0382. The number of nitrogens with one attached hydrogen (secondary N) is 3. The number of hydrogen-bond donors (Lipinski definition) is 3. The zero-order valence-corrected chi connectivity index (χ0v) is 20.9. The van der Waals surface area contributed by atoms with Gasteiger partial charge in [0.15, 0.2) is 0 Å². The first kappa shape index (κ1) is 26.5. The van der Waals surface area contributed by atoms with Crippen LogP contribution in [0.3, 0.4) is 0 Å². The first-order valence-corrected chi connectivity index (χ1v) is 11.9. The largest absolute Gasteiger partial charge is 0.375 e. The van der Waals surface area contributed by atoms with Gasteiger partial charge in [-0.1, -0.05) is 48.5 Å². The molecule has 38 heavy (non-hydrogen) atoms. The Labute approximate surface area is 219 Å². The van der Waals surface area contributed by atoms with Crippen molar-refractivity contribution in [3.05, 3.63) is 95.3 Å². The molecule has 3 N–H and O–H groups in total. The molecule has 0 aliphatic carbocycles. The lowest BCUT2D eigenvalue weighted by atomic mass is 10.0. The highest BCUT2D eigenvalue weighted by Crippen LogP contribution is 2.27. The van der Waals surface area contributed by atoms with E-state index in [1.54, 1.807) is 61.5 Å². The summed E-state index contributed by atoms with van der Waals surface area (Å²) in [5.41, 5.74) is 2.32. The van der Waals surface area contributed by atoms with E-state index in [4.69, 9.17) is 4.74 Å². The molecule has 196 valence electrons. The maximum absolute atomic E-state index is 14.5. The van der Waals surface area contributed by atoms with E-state index in [-0.39, 0.29) is 24.6 Å². The second-order valence-electron chi connectivity index (χ2n) is 8.87. The molecule has 1 aliphatic heterocycles. The molecule has 0 bridgehead atoms. The molecule has 1 heterocycles. The lowest BCUT2D eigenvalue weighted by Gasteiger charge is -2.25. The minimum Gasteiger partial charge on any atom is -0.375 e. The second kappa shape index (κ2) is 11.7. The molecule has 0 aromatic heterocycles. The molecule has 2 atom stereocenters. The van der Waals surface area contributed by atoms with Crippen LogP contribution < -0.4 is 16.0 Å². The number of methoxy groups -OCH3 is 1. The summed E-state index contributed by atoms with van der Waals surface area (Å²) in [4.78, 5) is 52.5. The van der Waals surface area contributed by atoms with Gasteiger partial charge in [0.1, 0.15) is 24.5 Å². The monoisotopic (exact) mass is 518 g/mol. The van der Waals surface area contributed by atoms with Crippen LogP contribution >= 0.6 is 0 Å². The van der Waals surface area contributed by atoms with Crippen LogP contribution in [0.25, 0.3) is 0 Å². The van der Waals surface area contributed by atoms with Crippen molar-refractivity contribution < 1.29 is 28.3 Å². The number of imide groups is 1. The van der Waals surface area contributed by atoms with Crippen molar-refractivity contribution in [1.82, 2.24) is 10.2 Å². The van der Waals surface area contributed by atoms with Gasteiger partial charge in [-0.05, 0) is 47.9 Å². The van der Waals surface area contributed by atoms with E-state index in [9.17, 15) is 23.6 Å². The van der Waals surface area contributed by atoms with Crippen LogP contribution in [0.4, 0.5) is 20.6 Å². The number of anilines is 2. The number of hydrogen-bond acceptors (Lipinski definition) is 5. The topological polar surface area (TPSA) is 117 Å². The van der Waals surface area contributed by atoms with Crippen molar-refractivity contribution in [3.63, 3.8) is 0 Å². The fourth-order valence-electron chi connectivity index (χ4n) is 4.18. The maximum atomic E-state index is 14.5. The summed E-state index contributed by atoms with van der Waals surface area (Å²) in [6.07, 6.45) is 0.0382. The third-order valence-electron chi connectivity index (χ3n) is 6.04. The predicted molar refractivity (Wildman–Crippen MR) is 139 cm³/mol. The van der Waals surface area contributed by atoms with E-state index >= 15 is 0 Å². The molecule has 1 saturated heterocycles. The van der Waals surface area contributed by atoms with Gasteiger partial charge in [0.2, 0.25) is 11.8 Å². The van der Waals surface area contributed by atoms with Crippen molar-refractivity contribution >= 4 is 35.1 Å². The summed E-state index contributed by atoms with van der Waals surface area (Å²) in [5.74, 6) is -2.27. The van der Waals surface area contributed by atoms with E-state index in [1.807, 2.05) is 6.07 Å². The lowest BCUT2D eigenvalue weighted by Crippen LogP contribution is -2.49. The smallest absolute Gasteiger partial charge is 0.325 e. The number of amides is 5. The molecule has 0 saturated carbocycles. The number of benzene rings is 3. The maximum Gasteiger partial charge on any atom is 0.325 e. The predicted octanol–water partition coefficient (Wildman–Crippen LogP) is 3.56. The van der Waals surface area contributed by atoms with Crippen molar-refractivity contribution in [3.8, 4) is 0 Å². The Hall–Kier alpha value is -4.57. The molecule has 0 spiro atoms. The van der Waals surface area contributed by atoms with E-state index in [0.29, 0.717) is 16.8 Å². The Morgan fingerprint density at radius 3 is 2.39 bits per heavy atom. The van der Waals surface area contributed by atoms with Crippen molar-refractivity contribution in [1.29, 1.82) is 0 Å². The minimum atomic E-state index is -1.23. The van der Waals surface area contributed by atoms with Gasteiger partial charge < -0.3 is 20.7 Å². The van der Waals surface area contributed by atoms with Crippen LogP contribution in [-0.2, 0) is 25.5 Å². The van der Waals surface area contributed by atoms with Crippen LogP contribution in [0.1, 0.15) is 22.7 Å². The van der Waals surface area contributed by atoms with Crippen LogP contribution in [-0.4, -0.2) is 48.4 Å². The van der Waals surface area contributed by atoms with Gasteiger partial charge in [0, 0.05) is 19.2 Å². The van der Waals surface area contributed by atoms with Crippen LogP contribution in [0.2, 0.25) is 0 Å². The van der Waals surface area contributed by atoms with Gasteiger partial charge in [-0.25, -0.2) is 14.1 Å². The molecule has 9 nitrogen and oxygen atoms in total. The molecule has 1 aliphatic rings. The Morgan fingerprint density at radius 2 is 1.74 bits per heavy atom. The summed E-state index contributed by atoms with van der Waals surface area (Å²) < 4.78 is 19.3. The summed E-state index contributed by atoms with van der Waals surface area (Å²) in [6, 6.07) is 16.7. The highest BCUT2D eigenvalue weighted by Gasteiger charge is 2.45. The summed E-state index contributed by atoms with van der Waals surface area (Å²) in [7, 11) is 1.41. The van der Waals surface area contributed by atoms with Crippen molar-refractivity contribution in [2.45, 2.75) is 25.4 Å². The average Bonchev–Trinajstić information content (AvgIpc) is 3.19. The van der Waals surface area contributed by atoms with Crippen molar-refractivity contribution in [2.75, 3.05) is 24.4 Å². The van der Waals surface area contributed by atoms with E-state index in [2.05, 4.69) is 16.0 Å². The summed E-state index contributed by atoms with van der Waals surface area (Å²) >= 11 is 0. The third kappa shape index (κ3) is 6.04. The van der Waals surface area contributed by atoms with Crippen LogP contribution in [0, 0.1) is 12.7 Å². The summed E-state index contributed by atoms with van der Waals surface area (Å²) in [5, 5.41) is 7.81. The second-order valence-corrected chi connectivity index (χ2v) is 8.87. The number of carbonyl (C=O) groups is 4. The van der Waals surface area contributed by atoms with Crippen molar-refractivity contribution in [2.24, 2.45) is 0 Å². The lowest BCUT2D eigenvalue weighted by molar-refractivity contribution is -0.134. The number of carbonyl (C=O) groups excluding carboxylic acids is 4. The fraction of sp³-hybridized carbons (Fsp3) is 0.214. The molecule has 10 heteroatoms. The number of urea groups is 1. The Kier molecular flexibility index (Phi) is 8.12. The van der Waals surface area contributed by atoms with E-state index in [0.717, 1.165) is 10.5 Å². The molecular weight excluding hydrogens is 491 g/mol. The summed E-state index contributed by atoms with van der Waals surface area (Å²) in [6.45, 7) is 1.62. The van der Waals surface area contributed by atoms with E-state index in [1.165, 1.54) is 19.2 Å². The SMILES string of the molecule is COCC(=O)Nc1ccc([C@H]2NC(=O)N(C(Cc3ccccc3)C(=O)Nc3ccc(C)cc3F)C2=O)cc1. The Balaban J connectivity index is 1.58. The van der Waals surface area contributed by atoms with Crippen LogP contribution in [0.5, 0.6) is 0 Å². The highest BCUT2D eigenvalue weighted by molar-refractivity contribution is 6.09. The Bertz CT molecular complexity index is 1350. The molecule has 3 aromatic rings. The molecule has 3 aromatic carbocycles. The fourth-order valence-corrected chi connectivity index (χ4v) is 4.18. The molecule has 5 amide bonds. The third-order valence-corrected chi connectivity index (χ3v) is 6.04. The van der Waals surface area contributed by atoms with Gasteiger partial charge in [0.05, 0.1) is 5.69 Å². The zero-order valence-electron chi connectivity index (χ0n) is 20.9. The van der Waals surface area contributed by atoms with Gasteiger partial charge >= 0.3 is 6.03 Å². The number of rotatable bonds is 9. The molecule has 1 unspecified atom stereocenters.